The van der Waals surface area contributed by atoms with Gasteiger partial charge in [0.15, 0.2) is 11.5 Å². The molecule has 1 spiro atoms. The van der Waals surface area contributed by atoms with E-state index in [9.17, 15) is 9.59 Å². The average Bonchev–Trinajstić information content (AvgIpc) is 3.48. The van der Waals surface area contributed by atoms with Crippen LogP contribution in [0.25, 0.3) is 6.08 Å². The van der Waals surface area contributed by atoms with E-state index in [0.717, 1.165) is 58.5 Å². The normalized spacial score (nSPS) is 28.4. The van der Waals surface area contributed by atoms with Crippen LogP contribution in [0.1, 0.15) is 56.0 Å². The summed E-state index contributed by atoms with van der Waals surface area (Å²) in [6, 6.07) is 4.09. The van der Waals surface area contributed by atoms with Gasteiger partial charge in [0.05, 0.1) is 13.2 Å². The monoisotopic (exact) mass is 628 g/mol. The summed E-state index contributed by atoms with van der Waals surface area (Å²) in [4.78, 5) is 31.6. The Kier molecular flexibility index (Phi) is 7.28. The zero-order valence-corrected chi connectivity index (χ0v) is 26.1. The van der Waals surface area contributed by atoms with Crippen molar-refractivity contribution in [1.29, 1.82) is 0 Å². The van der Waals surface area contributed by atoms with Crippen LogP contribution in [0.15, 0.2) is 28.1 Å². The number of hydrogen-bond acceptors (Lipinski definition) is 7. The lowest BCUT2D eigenvalue weighted by Crippen LogP contribution is -2.68. The largest absolute Gasteiger partial charge is 0.493 e. The van der Waals surface area contributed by atoms with Crippen LogP contribution in [0.2, 0.25) is 0 Å². The second-order valence-corrected chi connectivity index (χ2v) is 13.9. The Hall–Kier alpha value is -2.36. The molecule has 0 N–H and O–H groups in total. The fraction of sp³-hybridized carbons (Fsp3) is 0.548. The molecule has 7 nitrogen and oxygen atoms in total. The number of amides is 1. The maximum Gasteiger partial charge on any atom is 0.308 e. The molecule has 1 amide bonds. The Morgan fingerprint density at radius 2 is 2.10 bits per heavy atom. The standard InChI is InChI=1S/C31H37BrN2O5S/c1-17(2)15-34(27(36)9-6-20-12-19(32)16-40-20)23-8-7-22-24-13-21-25(38-18(3)35)14-26(37-5)29-28(21)31(22,30(23)39-29)10-11-33(24)4/h6,9,12,14,16-17,22-24,30H,7-8,10-11,13,15H2,1-5H3/b9-6+/t22-,23+,24+,30-,31-/m0/s1. The lowest BCUT2D eigenvalue weighted by atomic mass is 9.51. The molecule has 1 aromatic heterocycles. The van der Waals surface area contributed by atoms with E-state index >= 15 is 0 Å². The number of carbonyl (C=O) groups is 2. The van der Waals surface area contributed by atoms with Gasteiger partial charge in [-0.2, -0.15) is 0 Å². The van der Waals surface area contributed by atoms with Crippen molar-refractivity contribution in [3.8, 4) is 17.2 Å². The van der Waals surface area contributed by atoms with E-state index in [1.807, 2.05) is 23.6 Å². The molecule has 1 aromatic carbocycles. The molecule has 214 valence electrons. The van der Waals surface area contributed by atoms with Crippen LogP contribution < -0.4 is 14.2 Å². The molecule has 1 saturated carbocycles. The Labute approximate surface area is 248 Å². The van der Waals surface area contributed by atoms with Gasteiger partial charge < -0.3 is 24.0 Å². The summed E-state index contributed by atoms with van der Waals surface area (Å²) in [6.07, 6.45) is 7.09. The molecule has 2 aliphatic heterocycles. The highest BCUT2D eigenvalue weighted by molar-refractivity contribution is 9.10. The number of nitrogens with zero attached hydrogens (tertiary/aromatic N) is 2. The minimum absolute atomic E-state index is 0.0192. The SMILES string of the molecule is COc1cc(OC(C)=O)c2c3c1O[C@H]1[C@H](N(CC(C)C)C(=O)/C=C/c4cc(Br)cs4)CC[C@H]4[C@@H](C2)N(C)CC[C@@]341. The van der Waals surface area contributed by atoms with Gasteiger partial charge in [-0.05, 0) is 79.2 Å². The Morgan fingerprint density at radius 1 is 1.30 bits per heavy atom. The number of ether oxygens (including phenoxy) is 3. The summed E-state index contributed by atoms with van der Waals surface area (Å²) in [5, 5.41) is 2.02. The van der Waals surface area contributed by atoms with Gasteiger partial charge in [0.1, 0.15) is 11.9 Å². The number of halogens is 1. The van der Waals surface area contributed by atoms with Crippen LogP contribution in [0.5, 0.6) is 17.2 Å². The summed E-state index contributed by atoms with van der Waals surface area (Å²) in [6.45, 7) is 7.38. The zero-order chi connectivity index (χ0) is 28.3. The van der Waals surface area contributed by atoms with Gasteiger partial charge in [-0.3, -0.25) is 9.59 Å². The molecule has 2 aromatic rings. The number of carbonyl (C=O) groups excluding carboxylic acids is 2. The number of thiophene rings is 1. The number of likely N-dealkylation sites (N-methyl/N-ethyl adjacent to an activating group) is 1. The zero-order valence-electron chi connectivity index (χ0n) is 23.7. The Bertz CT molecular complexity index is 1370. The minimum atomic E-state index is -0.341. The topological polar surface area (TPSA) is 68.3 Å². The third-order valence-electron chi connectivity index (χ3n) is 9.33. The van der Waals surface area contributed by atoms with E-state index < -0.39 is 0 Å². The van der Waals surface area contributed by atoms with Gasteiger partial charge in [-0.1, -0.05) is 13.8 Å². The number of likely N-dealkylation sites (tertiary alicyclic amines) is 1. The van der Waals surface area contributed by atoms with Crippen LogP contribution in [-0.2, 0) is 21.4 Å². The number of hydrogen-bond donors (Lipinski definition) is 0. The van der Waals surface area contributed by atoms with Crippen molar-refractivity contribution in [3.63, 3.8) is 0 Å². The van der Waals surface area contributed by atoms with Gasteiger partial charge >= 0.3 is 5.97 Å². The highest BCUT2D eigenvalue weighted by atomic mass is 79.9. The van der Waals surface area contributed by atoms with Crippen molar-refractivity contribution >= 4 is 45.2 Å². The summed E-state index contributed by atoms with van der Waals surface area (Å²) in [5.41, 5.74) is 1.96. The maximum atomic E-state index is 13.9. The van der Waals surface area contributed by atoms with Gasteiger partial charge in [0.25, 0.3) is 0 Å². The third kappa shape index (κ3) is 4.40. The fourth-order valence-corrected chi connectivity index (χ4v) is 9.25. The fourth-order valence-electron chi connectivity index (χ4n) is 7.91. The van der Waals surface area contributed by atoms with Crippen LogP contribution in [0.4, 0.5) is 0 Å². The van der Waals surface area contributed by atoms with E-state index in [1.54, 1.807) is 24.5 Å². The predicted molar refractivity (Wildman–Crippen MR) is 159 cm³/mol. The number of benzene rings is 1. The maximum absolute atomic E-state index is 13.9. The second-order valence-electron chi connectivity index (χ2n) is 12.1. The highest BCUT2D eigenvalue weighted by Gasteiger charge is 2.67. The van der Waals surface area contributed by atoms with Gasteiger partial charge in [-0.25, -0.2) is 0 Å². The van der Waals surface area contributed by atoms with Crippen molar-refractivity contribution in [1.82, 2.24) is 9.80 Å². The lowest BCUT2D eigenvalue weighted by Gasteiger charge is -2.60. The molecule has 3 heterocycles. The molecular weight excluding hydrogens is 592 g/mol. The van der Waals surface area contributed by atoms with Gasteiger partial charge in [0.2, 0.25) is 5.91 Å². The average molecular weight is 630 g/mol. The first-order chi connectivity index (χ1) is 19.1. The quantitative estimate of drug-likeness (QED) is 0.223. The van der Waals surface area contributed by atoms with Gasteiger partial charge in [-0.15, -0.1) is 11.3 Å². The summed E-state index contributed by atoms with van der Waals surface area (Å²) < 4.78 is 19.6. The molecule has 6 rings (SSSR count). The van der Waals surface area contributed by atoms with Crippen LogP contribution in [0.3, 0.4) is 0 Å². The van der Waals surface area contributed by atoms with E-state index in [0.29, 0.717) is 35.9 Å². The van der Waals surface area contributed by atoms with Crippen molar-refractivity contribution in [3.05, 3.63) is 44.1 Å². The van der Waals surface area contributed by atoms with Crippen molar-refractivity contribution in [2.24, 2.45) is 11.8 Å². The molecule has 2 fully saturated rings. The van der Waals surface area contributed by atoms with E-state index in [4.69, 9.17) is 14.2 Å². The van der Waals surface area contributed by atoms with Crippen molar-refractivity contribution < 1.29 is 23.8 Å². The van der Waals surface area contributed by atoms with Crippen LogP contribution in [0, 0.1) is 11.8 Å². The van der Waals surface area contributed by atoms with Crippen LogP contribution in [-0.4, -0.2) is 67.1 Å². The Balaban J connectivity index is 1.45. The Morgan fingerprint density at radius 3 is 2.77 bits per heavy atom. The number of esters is 1. The minimum Gasteiger partial charge on any atom is -0.493 e. The van der Waals surface area contributed by atoms with E-state index in [2.05, 4.69) is 46.6 Å². The smallest absolute Gasteiger partial charge is 0.308 e. The summed E-state index contributed by atoms with van der Waals surface area (Å²) >= 11 is 5.11. The summed E-state index contributed by atoms with van der Waals surface area (Å²) in [7, 11) is 3.84. The molecule has 4 aliphatic rings. The predicted octanol–water partition coefficient (Wildman–Crippen LogP) is 5.68. The molecule has 1 saturated heterocycles. The van der Waals surface area contributed by atoms with Crippen LogP contribution >= 0.6 is 27.3 Å². The number of piperidine rings is 1. The molecule has 0 radical (unpaired) electrons. The number of rotatable bonds is 7. The number of methoxy groups -OCH3 is 1. The first kappa shape index (κ1) is 27.8. The third-order valence-corrected chi connectivity index (χ3v) is 11.0. The van der Waals surface area contributed by atoms with E-state index in [-0.39, 0.29) is 29.4 Å². The first-order valence-electron chi connectivity index (χ1n) is 14.2. The second kappa shape index (κ2) is 10.5. The molecule has 0 unspecified atom stereocenters. The summed E-state index contributed by atoms with van der Waals surface area (Å²) in [5.74, 6) is 2.33. The van der Waals surface area contributed by atoms with Crippen molar-refractivity contribution in [2.75, 3.05) is 27.2 Å². The highest BCUT2D eigenvalue weighted by Crippen LogP contribution is 2.65. The first-order valence-corrected chi connectivity index (χ1v) is 15.8. The van der Waals surface area contributed by atoms with E-state index in [1.165, 1.54) is 6.92 Å². The molecular formula is C31H37BrN2O5S. The van der Waals surface area contributed by atoms with Gasteiger partial charge in [0, 0.05) is 62.9 Å². The molecule has 5 atom stereocenters. The lowest BCUT2D eigenvalue weighted by molar-refractivity contribution is -0.138. The molecule has 40 heavy (non-hydrogen) atoms. The molecule has 2 aliphatic carbocycles. The molecule has 9 heteroatoms. The van der Waals surface area contributed by atoms with Crippen molar-refractivity contribution in [2.45, 2.75) is 70.1 Å². The molecule has 2 bridgehead atoms.